The fourth-order valence-corrected chi connectivity index (χ4v) is 7.67. The molecule has 4 saturated heterocycles. The number of nitrogens with one attached hydrogen (secondary N) is 1. The Morgan fingerprint density at radius 3 is 0.600 bits per heavy atom. The van der Waals surface area contributed by atoms with Gasteiger partial charge >= 0.3 is 61.4 Å². The van der Waals surface area contributed by atoms with Gasteiger partial charge < -0.3 is 46.1 Å². The topological polar surface area (TPSA) is 54.3 Å². The van der Waals surface area contributed by atoms with Gasteiger partial charge in [0.05, 0.1) is 0 Å². The predicted molar refractivity (Wildman–Crippen MR) is 187 cm³/mol. The first-order valence-corrected chi connectivity index (χ1v) is 16.7. The van der Waals surface area contributed by atoms with Crippen LogP contribution in [-0.2, 0) is 19.5 Å². The van der Waals surface area contributed by atoms with Crippen molar-refractivity contribution in [2.24, 2.45) is 0 Å². The van der Waals surface area contributed by atoms with Gasteiger partial charge in [-0.3, -0.25) is 0 Å². The fourth-order valence-electron chi connectivity index (χ4n) is 7.67. The molecule has 0 aromatic rings. The van der Waals surface area contributed by atoms with Gasteiger partial charge in [0.15, 0.2) is 0 Å². The Kier molecular flexibility index (Phi) is 27.4. The smallest absolute Gasteiger partial charge is 1.00 e. The monoisotopic (exact) mass is 726 g/mol. The van der Waals surface area contributed by atoms with Gasteiger partial charge in [-0.25, -0.2) is 0 Å². The molecule has 4 fully saturated rings. The SMILES string of the molecule is CC1(C)CCCC(C)(C)N1.CC1(C)CCCC(C)(C)[N-]1.CC1(C)CCCC(C)(C)[N-]1.CC1(C)CCCC(C)(C)[N-]1.[Cl-].[Cl-].[Li+].[Mg+2].[Zn+2]. The normalized spacial score (nSPS) is 26.7. The summed E-state index contributed by atoms with van der Waals surface area (Å²) < 4.78 is 0. The summed E-state index contributed by atoms with van der Waals surface area (Å²) in [4.78, 5) is 0. The average Bonchev–Trinajstić information content (AvgIpc) is 2.61. The minimum absolute atomic E-state index is 0. The van der Waals surface area contributed by atoms with Crippen molar-refractivity contribution in [1.82, 2.24) is 5.32 Å². The molecule has 1 N–H and O–H groups in total. The second-order valence-corrected chi connectivity index (χ2v) is 18.5. The van der Waals surface area contributed by atoms with Gasteiger partial charge in [0, 0.05) is 11.1 Å². The van der Waals surface area contributed by atoms with E-state index in [-0.39, 0.29) is 119 Å². The molecular formula is C36H73Cl2LiMgN4Zn. The van der Waals surface area contributed by atoms with Crippen LogP contribution in [0.25, 0.3) is 16.0 Å². The van der Waals surface area contributed by atoms with E-state index < -0.39 is 0 Å². The van der Waals surface area contributed by atoms with Crippen LogP contribution >= 0.6 is 0 Å². The third kappa shape index (κ3) is 26.8. The number of rotatable bonds is 0. The predicted octanol–water partition coefficient (Wildman–Crippen LogP) is 2.25. The number of nitrogens with zero attached hydrogens (tertiary/aromatic N) is 3. The van der Waals surface area contributed by atoms with E-state index in [1.165, 1.54) is 77.0 Å². The van der Waals surface area contributed by atoms with Crippen molar-refractivity contribution in [2.45, 2.75) is 232 Å². The van der Waals surface area contributed by atoms with Crippen LogP contribution in [0.3, 0.4) is 0 Å². The molecule has 9 heteroatoms. The molecule has 0 aromatic carbocycles. The maximum absolute atomic E-state index is 4.75. The largest absolute Gasteiger partial charge is 2.00 e. The van der Waals surface area contributed by atoms with Gasteiger partial charge in [-0.15, -0.1) is 33.2 Å². The molecule has 0 aromatic heterocycles. The zero-order valence-corrected chi connectivity index (χ0v) is 39.4. The quantitative estimate of drug-likeness (QED) is 0.383. The second kappa shape index (κ2) is 21.7. The number of hydrogen-bond donors (Lipinski definition) is 1. The fraction of sp³-hybridized carbons (Fsp3) is 1.00. The number of piperidine rings is 4. The molecule has 4 nitrogen and oxygen atoms in total. The third-order valence-corrected chi connectivity index (χ3v) is 8.83. The molecule has 0 saturated carbocycles. The van der Waals surface area contributed by atoms with E-state index in [0.717, 1.165) is 0 Å². The van der Waals surface area contributed by atoms with Crippen molar-refractivity contribution in [3.8, 4) is 0 Å². The maximum atomic E-state index is 4.75. The van der Waals surface area contributed by atoms with Crippen molar-refractivity contribution in [3.05, 3.63) is 16.0 Å². The molecule has 45 heavy (non-hydrogen) atoms. The Morgan fingerprint density at radius 1 is 0.356 bits per heavy atom. The summed E-state index contributed by atoms with van der Waals surface area (Å²) in [5, 5.41) is 17.9. The molecule has 0 unspecified atom stereocenters. The van der Waals surface area contributed by atoms with Gasteiger partial charge in [0.2, 0.25) is 0 Å². The van der Waals surface area contributed by atoms with Crippen LogP contribution in [0.2, 0.25) is 0 Å². The van der Waals surface area contributed by atoms with Crippen LogP contribution in [0.15, 0.2) is 0 Å². The van der Waals surface area contributed by atoms with Gasteiger partial charge in [0.1, 0.15) is 0 Å². The molecule has 4 rings (SSSR count). The zero-order chi connectivity index (χ0) is 31.3. The van der Waals surface area contributed by atoms with E-state index in [0.29, 0.717) is 11.1 Å². The molecule has 4 heterocycles. The standard InChI is InChI=1S/C9H19N.3C9H18N.2ClH.Li.Mg.Zn/c4*1-8(2)6-5-7-9(3,4)10-8;;;;;/h10H,5-7H2,1-4H3;3*5-7H2,1-4H3;2*1H;;;/q;3*-1;;;+1;2*+2/p-2. The van der Waals surface area contributed by atoms with Crippen molar-refractivity contribution < 1.29 is 63.2 Å². The molecule has 4 aliphatic rings. The van der Waals surface area contributed by atoms with Gasteiger partial charge in [-0.1, -0.05) is 141 Å². The molecule has 0 aliphatic carbocycles. The molecule has 0 spiro atoms. The Bertz CT molecular complexity index is 603. The third-order valence-electron chi connectivity index (χ3n) is 8.83. The van der Waals surface area contributed by atoms with E-state index in [4.69, 9.17) is 16.0 Å². The summed E-state index contributed by atoms with van der Waals surface area (Å²) in [6.45, 7) is 35.9. The van der Waals surface area contributed by atoms with Crippen molar-refractivity contribution in [1.29, 1.82) is 0 Å². The molecule has 256 valence electrons. The zero-order valence-electron chi connectivity index (χ0n) is 33.5. The van der Waals surface area contributed by atoms with Crippen molar-refractivity contribution >= 4 is 23.1 Å². The average molecular weight is 730 g/mol. The Balaban J connectivity index is -0.000000152. The number of hydrogen-bond acceptors (Lipinski definition) is 1. The second-order valence-electron chi connectivity index (χ2n) is 18.5. The van der Waals surface area contributed by atoms with E-state index in [1.54, 1.807) is 0 Å². The van der Waals surface area contributed by atoms with Crippen LogP contribution in [0, 0.1) is 0 Å². The van der Waals surface area contributed by atoms with Gasteiger partial charge in [-0.05, 0) is 47.0 Å². The minimum atomic E-state index is 0. The van der Waals surface area contributed by atoms with Crippen molar-refractivity contribution in [3.63, 3.8) is 0 Å². The molecular weight excluding hydrogens is 656 g/mol. The summed E-state index contributed by atoms with van der Waals surface area (Å²) in [7, 11) is 0. The molecule has 0 bridgehead atoms. The van der Waals surface area contributed by atoms with Gasteiger partial charge in [-0.2, -0.15) is 0 Å². The van der Waals surface area contributed by atoms with Crippen LogP contribution < -0.4 is 49.0 Å². The summed E-state index contributed by atoms with van der Waals surface area (Å²) in [6, 6.07) is 0. The summed E-state index contributed by atoms with van der Waals surface area (Å²) in [6.07, 6.45) is 15.6. The first-order chi connectivity index (χ1) is 17.7. The molecule has 0 radical (unpaired) electrons. The van der Waals surface area contributed by atoms with Gasteiger partial charge in [0.25, 0.3) is 0 Å². The molecule has 0 atom stereocenters. The van der Waals surface area contributed by atoms with Crippen LogP contribution in [-0.4, -0.2) is 67.4 Å². The van der Waals surface area contributed by atoms with Crippen LogP contribution in [0.4, 0.5) is 0 Å². The van der Waals surface area contributed by atoms with Crippen molar-refractivity contribution in [2.75, 3.05) is 0 Å². The number of halogens is 2. The Labute approximate surface area is 336 Å². The van der Waals surface area contributed by atoms with E-state index in [2.05, 4.69) is 116 Å². The summed E-state index contributed by atoms with van der Waals surface area (Å²) >= 11 is 0. The molecule has 4 aliphatic heterocycles. The Morgan fingerprint density at radius 2 is 0.511 bits per heavy atom. The van der Waals surface area contributed by atoms with E-state index >= 15 is 0 Å². The summed E-state index contributed by atoms with van der Waals surface area (Å²) in [5.74, 6) is 0. The van der Waals surface area contributed by atoms with Crippen LogP contribution in [0.5, 0.6) is 0 Å². The first kappa shape index (κ1) is 56.8. The van der Waals surface area contributed by atoms with E-state index in [9.17, 15) is 0 Å². The minimum Gasteiger partial charge on any atom is -1.00 e. The first-order valence-electron chi connectivity index (χ1n) is 16.7. The maximum Gasteiger partial charge on any atom is 2.00 e. The summed E-state index contributed by atoms with van der Waals surface area (Å²) in [5.41, 5.74) is 2.15. The molecule has 0 amide bonds. The van der Waals surface area contributed by atoms with Crippen LogP contribution in [0.1, 0.15) is 188 Å². The van der Waals surface area contributed by atoms with E-state index in [1.807, 2.05) is 0 Å². The Hall–Kier alpha value is 2.41.